The van der Waals surface area contributed by atoms with E-state index in [0.29, 0.717) is 25.1 Å². The quantitative estimate of drug-likeness (QED) is 0.527. The van der Waals surface area contributed by atoms with Crippen molar-refractivity contribution in [2.75, 3.05) is 24.7 Å². The van der Waals surface area contributed by atoms with Gasteiger partial charge in [0.05, 0.1) is 17.2 Å². The number of fused-ring (bicyclic) bond motifs is 1. The Labute approximate surface area is 199 Å². The van der Waals surface area contributed by atoms with Gasteiger partial charge < -0.3 is 9.64 Å². The number of sulfone groups is 1. The monoisotopic (exact) mass is 491 g/mol. The van der Waals surface area contributed by atoms with Crippen molar-refractivity contribution in [3.63, 3.8) is 0 Å². The number of hydrogen-bond acceptors (Lipinski definition) is 6. The van der Waals surface area contributed by atoms with Crippen molar-refractivity contribution in [2.24, 2.45) is 0 Å². The van der Waals surface area contributed by atoms with Crippen molar-refractivity contribution in [3.05, 3.63) is 47.0 Å². The highest BCUT2D eigenvalue weighted by Gasteiger charge is 2.35. The molecule has 1 aromatic carbocycles. The molecule has 1 amide bonds. The van der Waals surface area contributed by atoms with E-state index in [4.69, 9.17) is 4.74 Å². The first-order valence-corrected chi connectivity index (χ1v) is 13.6. The van der Waals surface area contributed by atoms with Crippen LogP contribution in [0.25, 0.3) is 5.69 Å². The van der Waals surface area contributed by atoms with Gasteiger partial charge in [-0.25, -0.2) is 22.3 Å². The van der Waals surface area contributed by atoms with E-state index in [-0.39, 0.29) is 29.1 Å². The summed E-state index contributed by atoms with van der Waals surface area (Å²) in [6.45, 7) is 1.97. The molecule has 0 bridgehead atoms. The van der Waals surface area contributed by atoms with Gasteiger partial charge in [0, 0.05) is 23.8 Å². The first-order chi connectivity index (χ1) is 16.3. The number of carbonyl (C=O) groups is 2. The second-order valence-electron chi connectivity index (χ2n) is 8.94. The van der Waals surface area contributed by atoms with Gasteiger partial charge in [-0.05, 0) is 62.8 Å². The maximum absolute atomic E-state index is 13.4. The molecular weight excluding hydrogens is 461 g/mol. The number of esters is 1. The minimum atomic E-state index is -3.15. The fourth-order valence-corrected chi connectivity index (χ4v) is 6.43. The fraction of sp³-hybridized carbons (Fsp3) is 0.542. The van der Waals surface area contributed by atoms with Crippen LogP contribution in [0.5, 0.6) is 0 Å². The van der Waals surface area contributed by atoms with Gasteiger partial charge in [0.1, 0.15) is 5.82 Å². The van der Waals surface area contributed by atoms with Crippen molar-refractivity contribution < 1.29 is 27.1 Å². The van der Waals surface area contributed by atoms with Crippen LogP contribution in [0.2, 0.25) is 0 Å². The van der Waals surface area contributed by atoms with Gasteiger partial charge in [-0.2, -0.15) is 5.10 Å². The molecule has 1 aliphatic carbocycles. The third kappa shape index (κ3) is 5.32. The van der Waals surface area contributed by atoms with Crippen LogP contribution >= 0.6 is 0 Å². The minimum absolute atomic E-state index is 0.0496. The summed E-state index contributed by atoms with van der Waals surface area (Å²) in [5, 5.41) is 4.48. The van der Waals surface area contributed by atoms with Gasteiger partial charge in [0.2, 0.25) is 0 Å². The molecule has 2 heterocycles. The molecule has 0 N–H and O–H groups in total. The second-order valence-corrected chi connectivity index (χ2v) is 11.2. The summed E-state index contributed by atoms with van der Waals surface area (Å²) in [5.74, 6) is -1.41. The van der Waals surface area contributed by atoms with Gasteiger partial charge in [0.15, 0.2) is 22.1 Å². The molecule has 10 heteroatoms. The Kier molecular flexibility index (Phi) is 7.35. The molecule has 0 radical (unpaired) electrons. The van der Waals surface area contributed by atoms with Gasteiger partial charge in [-0.1, -0.05) is 13.3 Å². The molecule has 0 spiro atoms. The normalized spacial score (nSPS) is 18.9. The summed E-state index contributed by atoms with van der Waals surface area (Å²) in [4.78, 5) is 27.4. The van der Waals surface area contributed by atoms with Crippen LogP contribution in [0, 0.1) is 5.82 Å². The first kappa shape index (κ1) is 24.4. The Morgan fingerprint density at radius 2 is 1.94 bits per heavy atom. The molecule has 1 atom stereocenters. The number of aromatic nitrogens is 2. The Balaban J connectivity index is 1.49. The number of hydrogen-bond donors (Lipinski definition) is 0. The van der Waals surface area contributed by atoms with E-state index < -0.39 is 28.3 Å². The molecule has 1 aromatic heterocycles. The van der Waals surface area contributed by atoms with Crippen molar-refractivity contribution in [1.82, 2.24) is 14.7 Å². The molecule has 2 aromatic rings. The lowest BCUT2D eigenvalue weighted by molar-refractivity contribution is -0.136. The predicted molar refractivity (Wildman–Crippen MR) is 124 cm³/mol. The summed E-state index contributed by atoms with van der Waals surface area (Å²) in [6.07, 6.45) is 5.30. The molecule has 1 saturated heterocycles. The number of carbonyl (C=O) groups excluding carboxylic acids is 2. The summed E-state index contributed by atoms with van der Waals surface area (Å²) in [5.41, 5.74) is 2.54. The topological polar surface area (TPSA) is 98.6 Å². The maximum Gasteiger partial charge on any atom is 0.359 e. The van der Waals surface area contributed by atoms with Crippen LogP contribution in [-0.4, -0.2) is 65.7 Å². The smallest absolute Gasteiger partial charge is 0.359 e. The molecule has 2 aliphatic rings. The molecule has 34 heavy (non-hydrogen) atoms. The van der Waals surface area contributed by atoms with E-state index in [9.17, 15) is 22.4 Å². The largest absolute Gasteiger partial charge is 0.451 e. The number of halogens is 1. The van der Waals surface area contributed by atoms with Crippen LogP contribution in [0.3, 0.4) is 0 Å². The zero-order valence-electron chi connectivity index (χ0n) is 19.3. The maximum atomic E-state index is 13.4. The van der Waals surface area contributed by atoms with Gasteiger partial charge in [-0.3, -0.25) is 4.79 Å². The molecule has 4 rings (SSSR count). The molecule has 0 saturated carbocycles. The first-order valence-electron chi connectivity index (χ1n) is 11.8. The minimum Gasteiger partial charge on any atom is -0.451 e. The number of amides is 1. The van der Waals surface area contributed by atoms with E-state index in [1.54, 1.807) is 21.7 Å². The Morgan fingerprint density at radius 3 is 2.62 bits per heavy atom. The van der Waals surface area contributed by atoms with Gasteiger partial charge in [-0.15, -0.1) is 0 Å². The number of nitrogens with zero attached hydrogens (tertiary/aromatic N) is 3. The Morgan fingerprint density at radius 1 is 1.21 bits per heavy atom. The van der Waals surface area contributed by atoms with E-state index >= 15 is 0 Å². The molecule has 1 aliphatic heterocycles. The molecule has 8 nitrogen and oxygen atoms in total. The molecule has 184 valence electrons. The number of ether oxygens (including phenoxy) is 1. The van der Waals surface area contributed by atoms with Gasteiger partial charge in [0.25, 0.3) is 5.91 Å². The fourth-order valence-electron chi connectivity index (χ4n) is 4.70. The van der Waals surface area contributed by atoms with Crippen LogP contribution < -0.4 is 0 Å². The summed E-state index contributed by atoms with van der Waals surface area (Å²) >= 11 is 0. The average Bonchev–Trinajstić information content (AvgIpc) is 3.38. The van der Waals surface area contributed by atoms with Crippen LogP contribution in [0.1, 0.15) is 60.8 Å². The number of rotatable bonds is 8. The zero-order valence-corrected chi connectivity index (χ0v) is 20.2. The highest BCUT2D eigenvalue weighted by atomic mass is 32.2. The summed E-state index contributed by atoms with van der Waals surface area (Å²) < 4.78 is 44.2. The lowest BCUT2D eigenvalue weighted by Gasteiger charge is -2.28. The van der Waals surface area contributed by atoms with E-state index in [1.165, 1.54) is 12.1 Å². The van der Waals surface area contributed by atoms with E-state index in [2.05, 4.69) is 5.10 Å². The molecular formula is C24H30FN3O5S. The van der Waals surface area contributed by atoms with Gasteiger partial charge >= 0.3 is 5.97 Å². The van der Waals surface area contributed by atoms with Crippen molar-refractivity contribution >= 4 is 21.7 Å². The van der Waals surface area contributed by atoms with E-state index in [0.717, 1.165) is 43.4 Å². The number of benzene rings is 1. The summed E-state index contributed by atoms with van der Waals surface area (Å²) in [6, 6.07) is 5.52. The second kappa shape index (κ2) is 10.2. The average molecular weight is 492 g/mol. The third-order valence-corrected chi connectivity index (χ3v) is 8.24. The Bertz CT molecular complexity index is 1160. The van der Waals surface area contributed by atoms with Crippen molar-refractivity contribution in [3.8, 4) is 5.69 Å². The number of unbranched alkanes of at least 4 members (excludes halogenated alkanes) is 1. The molecule has 1 fully saturated rings. The van der Waals surface area contributed by atoms with Crippen molar-refractivity contribution in [1.29, 1.82) is 0 Å². The highest BCUT2D eigenvalue weighted by Crippen LogP contribution is 2.28. The lowest BCUT2D eigenvalue weighted by atomic mass is 9.95. The lowest BCUT2D eigenvalue weighted by Crippen LogP contribution is -2.44. The van der Waals surface area contributed by atoms with Crippen LogP contribution in [0.15, 0.2) is 24.3 Å². The highest BCUT2D eigenvalue weighted by molar-refractivity contribution is 7.91. The van der Waals surface area contributed by atoms with Crippen LogP contribution in [0.4, 0.5) is 4.39 Å². The summed E-state index contributed by atoms with van der Waals surface area (Å²) in [7, 11) is -3.15. The molecule has 1 unspecified atom stereocenters. The van der Waals surface area contributed by atoms with Crippen LogP contribution in [-0.2, 0) is 32.2 Å². The SMILES string of the molecule is CCCCN(C(=O)COC(=O)c1nn(-c2ccc(F)cc2)c2c1CCCC2)C1CCS(=O)(=O)C1. The Hall–Kier alpha value is -2.75. The zero-order chi connectivity index (χ0) is 24.3. The predicted octanol–water partition coefficient (Wildman–Crippen LogP) is 2.86. The van der Waals surface area contributed by atoms with E-state index in [1.807, 2.05) is 6.92 Å². The standard InChI is InChI=1S/C24H30FN3O5S/c1-2-3-13-27(19-12-14-34(31,32)16-19)22(29)15-33-24(30)23-20-6-4-5-7-21(20)28(26-23)18-10-8-17(25)9-11-18/h8-11,19H,2-7,12-16H2,1H3. The van der Waals surface area contributed by atoms with Crippen molar-refractivity contribution in [2.45, 2.75) is 57.9 Å². The third-order valence-electron chi connectivity index (χ3n) is 6.49.